The van der Waals surface area contributed by atoms with Crippen molar-refractivity contribution in [1.29, 1.82) is 0 Å². The fourth-order valence-corrected chi connectivity index (χ4v) is 0.380. The molecular formula is C2H3F3O3S. The molecular weight excluding hydrogens is 161 g/mol. The fourth-order valence-electron chi connectivity index (χ4n) is 0.127. The molecule has 9 heavy (non-hydrogen) atoms. The second-order valence-electron chi connectivity index (χ2n) is 1.07. The number of hydrogen-bond acceptors (Lipinski definition) is 2. The molecule has 0 radical (unpaired) electrons. The number of halogens is 3. The zero-order valence-electron chi connectivity index (χ0n) is 4.01. The highest BCUT2D eigenvalue weighted by Gasteiger charge is 2.32. The Balaban J connectivity index is 3.71. The van der Waals surface area contributed by atoms with Gasteiger partial charge in [-0.3, -0.25) is 4.55 Å². The van der Waals surface area contributed by atoms with Gasteiger partial charge in [0.15, 0.2) is 6.67 Å². The first-order valence-corrected chi connectivity index (χ1v) is 2.75. The van der Waals surface area contributed by atoms with Crippen LogP contribution in [0.25, 0.3) is 0 Å². The third-order valence-electron chi connectivity index (χ3n) is 0.349. The van der Waals surface area contributed by atoms with Gasteiger partial charge in [-0.05, 0) is 0 Å². The van der Waals surface area contributed by atoms with Crippen LogP contribution in [0.2, 0.25) is 0 Å². The van der Waals surface area contributed by atoms with Gasteiger partial charge in [-0.1, -0.05) is 0 Å². The van der Waals surface area contributed by atoms with E-state index in [1.54, 1.807) is 0 Å². The third kappa shape index (κ3) is 4.37. The summed E-state index contributed by atoms with van der Waals surface area (Å²) < 4.78 is 53.9. The van der Waals surface area contributed by atoms with E-state index in [0.717, 1.165) is 0 Å². The molecule has 3 nitrogen and oxygen atoms in total. The molecule has 1 atom stereocenters. The monoisotopic (exact) mass is 164 g/mol. The number of alkyl halides is 3. The lowest BCUT2D eigenvalue weighted by molar-refractivity contribution is -0.183. The zero-order valence-corrected chi connectivity index (χ0v) is 4.83. The van der Waals surface area contributed by atoms with Crippen molar-refractivity contribution in [3.05, 3.63) is 0 Å². The van der Waals surface area contributed by atoms with Gasteiger partial charge in [0.05, 0.1) is 0 Å². The van der Waals surface area contributed by atoms with E-state index < -0.39 is 24.1 Å². The summed E-state index contributed by atoms with van der Waals surface area (Å²) in [5.41, 5.74) is 0. The van der Waals surface area contributed by atoms with Crippen LogP contribution in [0.5, 0.6) is 0 Å². The van der Waals surface area contributed by atoms with Crippen molar-refractivity contribution < 1.29 is 26.1 Å². The van der Waals surface area contributed by atoms with Crippen molar-refractivity contribution in [3.63, 3.8) is 0 Å². The van der Waals surface area contributed by atoms with Crippen LogP contribution in [0.1, 0.15) is 0 Å². The van der Waals surface area contributed by atoms with Crippen LogP contribution in [-0.2, 0) is 15.5 Å². The van der Waals surface area contributed by atoms with Crippen LogP contribution >= 0.6 is 0 Å². The summed E-state index contributed by atoms with van der Waals surface area (Å²) in [5.74, 6) is 0. The molecule has 0 aromatic carbocycles. The van der Waals surface area contributed by atoms with Crippen molar-refractivity contribution in [2.75, 3.05) is 6.67 Å². The van der Waals surface area contributed by atoms with Crippen LogP contribution in [0, 0.1) is 0 Å². The van der Waals surface area contributed by atoms with Gasteiger partial charge in [-0.25, -0.2) is 4.39 Å². The van der Waals surface area contributed by atoms with Crippen LogP contribution in [-0.4, -0.2) is 21.5 Å². The van der Waals surface area contributed by atoms with Gasteiger partial charge in [0.1, 0.15) is 0 Å². The second kappa shape index (κ2) is 3.14. The SMILES string of the molecule is O=S(O)OC(F)(F)CF. The molecule has 56 valence electrons. The van der Waals surface area contributed by atoms with Gasteiger partial charge < -0.3 is 0 Å². The topological polar surface area (TPSA) is 46.5 Å². The quantitative estimate of drug-likeness (QED) is 0.624. The van der Waals surface area contributed by atoms with Gasteiger partial charge in [0.25, 0.3) is 0 Å². The van der Waals surface area contributed by atoms with E-state index in [1.165, 1.54) is 0 Å². The minimum absolute atomic E-state index is 2.11. The maximum Gasteiger partial charge on any atom is 0.397 e. The van der Waals surface area contributed by atoms with E-state index >= 15 is 0 Å². The van der Waals surface area contributed by atoms with E-state index in [4.69, 9.17) is 4.55 Å². The molecule has 0 fully saturated rings. The average molecular weight is 164 g/mol. The van der Waals surface area contributed by atoms with Crippen molar-refractivity contribution in [2.45, 2.75) is 6.11 Å². The van der Waals surface area contributed by atoms with Crippen LogP contribution in [0.3, 0.4) is 0 Å². The van der Waals surface area contributed by atoms with Crippen molar-refractivity contribution in [3.8, 4) is 0 Å². The first-order chi connectivity index (χ1) is 3.98. The lowest BCUT2D eigenvalue weighted by atomic mass is 10.7. The molecule has 0 aromatic rings. The molecule has 1 unspecified atom stereocenters. The Labute approximate surface area is 51.3 Å². The molecule has 0 spiro atoms. The second-order valence-corrected chi connectivity index (χ2v) is 1.67. The Kier molecular flexibility index (Phi) is 3.09. The van der Waals surface area contributed by atoms with Crippen molar-refractivity contribution in [2.24, 2.45) is 0 Å². The average Bonchev–Trinajstić information content (AvgIpc) is 1.63. The summed E-state index contributed by atoms with van der Waals surface area (Å²) in [4.78, 5) is 0. The Morgan fingerprint density at radius 1 is 1.67 bits per heavy atom. The van der Waals surface area contributed by atoms with E-state index in [2.05, 4.69) is 4.18 Å². The summed E-state index contributed by atoms with van der Waals surface area (Å²) in [6.45, 7) is -2.11. The molecule has 0 aliphatic heterocycles. The number of rotatable bonds is 3. The lowest BCUT2D eigenvalue weighted by Crippen LogP contribution is -2.24. The van der Waals surface area contributed by atoms with Gasteiger partial charge in [0, 0.05) is 0 Å². The number of hydrogen-bond donors (Lipinski definition) is 1. The predicted molar refractivity (Wildman–Crippen MR) is 22.8 cm³/mol. The highest BCUT2D eigenvalue weighted by molar-refractivity contribution is 7.74. The molecule has 0 aromatic heterocycles. The highest BCUT2D eigenvalue weighted by atomic mass is 32.2. The molecule has 7 heteroatoms. The maximum atomic E-state index is 11.5. The molecule has 0 amide bonds. The van der Waals surface area contributed by atoms with E-state index in [-0.39, 0.29) is 0 Å². The van der Waals surface area contributed by atoms with Gasteiger partial charge in [-0.2, -0.15) is 17.2 Å². The fraction of sp³-hybridized carbons (Fsp3) is 1.00. The van der Waals surface area contributed by atoms with Crippen LogP contribution < -0.4 is 0 Å². The Hall–Kier alpha value is -0.140. The summed E-state index contributed by atoms with van der Waals surface area (Å²) in [6, 6.07) is 0. The van der Waals surface area contributed by atoms with Gasteiger partial charge in [0.2, 0.25) is 0 Å². The molecule has 1 N–H and O–H groups in total. The minimum Gasteiger partial charge on any atom is -0.284 e. The standard InChI is InChI=1S/C2H3F3O3S/c3-1-2(4,5)8-9(6)7/h1H2,(H,6,7). The van der Waals surface area contributed by atoms with Gasteiger partial charge >= 0.3 is 17.5 Å². The highest BCUT2D eigenvalue weighted by Crippen LogP contribution is 2.15. The summed E-state index contributed by atoms with van der Waals surface area (Å²) in [6.07, 6.45) is -4.15. The van der Waals surface area contributed by atoms with Crippen molar-refractivity contribution in [1.82, 2.24) is 0 Å². The normalized spacial score (nSPS) is 15.6. The third-order valence-corrected chi connectivity index (χ3v) is 0.735. The Morgan fingerprint density at radius 3 is 2.22 bits per heavy atom. The lowest BCUT2D eigenvalue weighted by Gasteiger charge is -2.06. The maximum absolute atomic E-state index is 11.5. The molecule has 0 rings (SSSR count). The molecule has 0 saturated heterocycles. The Bertz CT molecular complexity index is 116. The predicted octanol–water partition coefficient (Wildman–Crippen LogP) is 0.702. The zero-order chi connectivity index (χ0) is 7.49. The van der Waals surface area contributed by atoms with E-state index in [0.29, 0.717) is 0 Å². The van der Waals surface area contributed by atoms with Crippen LogP contribution in [0.4, 0.5) is 13.2 Å². The molecule has 0 bridgehead atoms. The van der Waals surface area contributed by atoms with Crippen molar-refractivity contribution >= 4 is 11.4 Å². The molecule has 0 heterocycles. The first-order valence-electron chi connectivity index (χ1n) is 1.72. The van der Waals surface area contributed by atoms with E-state index in [1.807, 2.05) is 0 Å². The molecule has 0 aliphatic carbocycles. The summed E-state index contributed by atoms with van der Waals surface area (Å²) in [5, 5.41) is 0. The first kappa shape index (κ1) is 8.86. The molecule has 0 aliphatic rings. The summed E-state index contributed by atoms with van der Waals surface area (Å²) in [7, 11) is 0. The van der Waals surface area contributed by atoms with E-state index in [9.17, 15) is 17.4 Å². The molecule has 0 saturated carbocycles. The van der Waals surface area contributed by atoms with Crippen LogP contribution in [0.15, 0.2) is 0 Å². The van der Waals surface area contributed by atoms with Gasteiger partial charge in [-0.15, -0.1) is 0 Å². The Morgan fingerprint density at radius 2 is 2.11 bits per heavy atom. The largest absolute Gasteiger partial charge is 0.397 e. The minimum atomic E-state index is -4.15. The summed E-state index contributed by atoms with van der Waals surface area (Å²) >= 11 is -3.12. The smallest absolute Gasteiger partial charge is 0.284 e.